The van der Waals surface area contributed by atoms with Gasteiger partial charge >= 0.3 is 5.97 Å². The Kier molecular flexibility index (Phi) is 3.44. The van der Waals surface area contributed by atoms with Crippen LogP contribution in [0.3, 0.4) is 0 Å². The summed E-state index contributed by atoms with van der Waals surface area (Å²) >= 11 is 0. The molecule has 0 aliphatic carbocycles. The topological polar surface area (TPSA) is 98.9 Å². The van der Waals surface area contributed by atoms with E-state index < -0.39 is 17.7 Å². The Labute approximate surface area is 84.0 Å². The number of carbonyl (C=O) groups is 1. The number of ether oxygens (including phenoxy) is 1. The molecule has 0 fully saturated rings. The van der Waals surface area contributed by atoms with Gasteiger partial charge in [0.05, 0.1) is 0 Å². The molecular weight excluding hydrogens is 206 g/mol. The van der Waals surface area contributed by atoms with Gasteiger partial charge in [0.2, 0.25) is 0 Å². The third kappa shape index (κ3) is 3.94. The van der Waals surface area contributed by atoms with E-state index in [0.29, 0.717) is 0 Å². The Balaban J connectivity index is 2.44. The monoisotopic (exact) mass is 213 g/mol. The van der Waals surface area contributed by atoms with E-state index in [9.17, 15) is 14.9 Å². The van der Waals surface area contributed by atoms with Crippen LogP contribution in [0.25, 0.3) is 0 Å². The van der Waals surface area contributed by atoms with Crippen molar-refractivity contribution in [1.82, 2.24) is 0 Å². The van der Waals surface area contributed by atoms with Crippen molar-refractivity contribution < 1.29 is 24.6 Å². The average Bonchev–Trinajstić information content (AvgIpc) is 2.19. The third-order valence-electron chi connectivity index (χ3n) is 1.36. The molecular formula is C8H7NO6. The number of hydrogen-bond acceptors (Lipinski definition) is 6. The van der Waals surface area contributed by atoms with Crippen LogP contribution in [0.1, 0.15) is 0 Å². The second kappa shape index (κ2) is 4.80. The largest absolute Gasteiger partial charge is 0.508 e. The summed E-state index contributed by atoms with van der Waals surface area (Å²) in [5, 5.41) is 17.6. The molecule has 0 aliphatic rings. The molecule has 0 radical (unpaired) electrons. The van der Waals surface area contributed by atoms with Crippen molar-refractivity contribution in [1.29, 1.82) is 0 Å². The van der Waals surface area contributed by atoms with Crippen molar-refractivity contribution >= 4 is 5.97 Å². The maximum Gasteiger partial charge on any atom is 0.337 e. The van der Waals surface area contributed by atoms with Gasteiger partial charge in [-0.1, -0.05) is 0 Å². The Morgan fingerprint density at radius 2 is 2.00 bits per heavy atom. The normalized spacial score (nSPS) is 9.33. The molecule has 0 spiro atoms. The highest BCUT2D eigenvalue weighted by molar-refractivity contribution is 5.73. The van der Waals surface area contributed by atoms with E-state index in [-0.39, 0.29) is 11.5 Å². The van der Waals surface area contributed by atoms with Gasteiger partial charge in [-0.3, -0.25) is 0 Å². The van der Waals surface area contributed by atoms with Crippen LogP contribution in [-0.2, 0) is 9.63 Å². The highest BCUT2D eigenvalue weighted by Gasteiger charge is 2.07. The fourth-order valence-corrected chi connectivity index (χ4v) is 0.780. The zero-order valence-electron chi connectivity index (χ0n) is 7.45. The van der Waals surface area contributed by atoms with Crippen LogP contribution in [0.4, 0.5) is 0 Å². The van der Waals surface area contributed by atoms with Gasteiger partial charge in [-0.15, -0.1) is 10.1 Å². The van der Waals surface area contributed by atoms with Crippen molar-refractivity contribution in [3.63, 3.8) is 0 Å². The minimum atomic E-state index is -1.09. The SMILES string of the molecule is O=C(CO[N+](=O)[O-])Oc1ccc(O)cc1. The van der Waals surface area contributed by atoms with Gasteiger partial charge in [-0.25, -0.2) is 4.79 Å². The smallest absolute Gasteiger partial charge is 0.337 e. The molecule has 15 heavy (non-hydrogen) atoms. The molecule has 0 aromatic heterocycles. The summed E-state index contributed by atoms with van der Waals surface area (Å²) in [6.45, 7) is -0.770. The zero-order valence-corrected chi connectivity index (χ0v) is 7.45. The molecule has 0 aliphatic heterocycles. The molecule has 0 saturated carbocycles. The molecule has 0 amide bonds. The molecule has 1 aromatic rings. The summed E-state index contributed by atoms with van der Waals surface area (Å²) in [5.41, 5.74) is 0. The van der Waals surface area contributed by atoms with Gasteiger partial charge in [0.25, 0.3) is 5.09 Å². The van der Waals surface area contributed by atoms with E-state index in [4.69, 9.17) is 5.11 Å². The lowest BCUT2D eigenvalue weighted by Crippen LogP contribution is -2.17. The molecule has 1 N–H and O–H groups in total. The number of esters is 1. The molecule has 1 aromatic carbocycles. The minimum absolute atomic E-state index is 0.0244. The maximum absolute atomic E-state index is 10.9. The first-order valence-corrected chi connectivity index (χ1v) is 3.85. The lowest BCUT2D eigenvalue weighted by atomic mass is 10.3. The van der Waals surface area contributed by atoms with E-state index >= 15 is 0 Å². The van der Waals surface area contributed by atoms with E-state index in [1.165, 1.54) is 24.3 Å². The van der Waals surface area contributed by atoms with E-state index in [1.54, 1.807) is 0 Å². The third-order valence-corrected chi connectivity index (χ3v) is 1.36. The molecule has 0 bridgehead atoms. The van der Waals surface area contributed by atoms with Crippen molar-refractivity contribution in [3.8, 4) is 11.5 Å². The van der Waals surface area contributed by atoms with Crippen LogP contribution in [0.15, 0.2) is 24.3 Å². The first-order chi connectivity index (χ1) is 7.08. The summed E-state index contributed by atoms with van der Waals surface area (Å²) in [6, 6.07) is 5.33. The number of nitrogens with zero attached hydrogens (tertiary/aromatic N) is 1. The highest BCUT2D eigenvalue weighted by atomic mass is 17.0. The second-order valence-electron chi connectivity index (χ2n) is 2.47. The van der Waals surface area contributed by atoms with Gasteiger partial charge in [-0.2, -0.15) is 0 Å². The predicted octanol–water partition coefficient (Wildman–Crippen LogP) is 0.506. The molecule has 0 saturated heterocycles. The molecule has 80 valence electrons. The number of rotatable bonds is 4. The second-order valence-corrected chi connectivity index (χ2v) is 2.47. The fraction of sp³-hybridized carbons (Fsp3) is 0.125. The van der Waals surface area contributed by atoms with Gasteiger partial charge in [0, 0.05) is 0 Å². The molecule has 0 unspecified atom stereocenters. The Morgan fingerprint density at radius 3 is 2.53 bits per heavy atom. The lowest BCUT2D eigenvalue weighted by Gasteiger charge is -2.02. The molecule has 0 heterocycles. The van der Waals surface area contributed by atoms with Crippen LogP contribution in [0.5, 0.6) is 11.5 Å². The zero-order chi connectivity index (χ0) is 11.3. The van der Waals surface area contributed by atoms with Crippen LogP contribution >= 0.6 is 0 Å². The molecule has 7 heteroatoms. The lowest BCUT2D eigenvalue weighted by molar-refractivity contribution is -0.754. The van der Waals surface area contributed by atoms with E-state index in [0.717, 1.165) is 0 Å². The summed E-state index contributed by atoms with van der Waals surface area (Å²) in [6.07, 6.45) is 0. The van der Waals surface area contributed by atoms with Crippen LogP contribution < -0.4 is 4.74 Å². The number of benzene rings is 1. The maximum atomic E-state index is 10.9. The van der Waals surface area contributed by atoms with Crippen molar-refractivity contribution in [2.24, 2.45) is 0 Å². The Morgan fingerprint density at radius 1 is 1.40 bits per heavy atom. The first kappa shape index (κ1) is 10.8. The van der Waals surface area contributed by atoms with Gasteiger partial charge < -0.3 is 14.7 Å². The predicted molar refractivity (Wildman–Crippen MR) is 46.7 cm³/mol. The summed E-state index contributed by atoms with van der Waals surface area (Å²) in [7, 11) is 0. The minimum Gasteiger partial charge on any atom is -0.508 e. The summed E-state index contributed by atoms with van der Waals surface area (Å²) < 4.78 is 4.64. The summed E-state index contributed by atoms with van der Waals surface area (Å²) in [4.78, 5) is 24.4. The van der Waals surface area contributed by atoms with Gasteiger partial charge in [0.15, 0.2) is 6.61 Å². The van der Waals surface area contributed by atoms with Gasteiger partial charge in [-0.05, 0) is 24.3 Å². The van der Waals surface area contributed by atoms with Crippen LogP contribution in [-0.4, -0.2) is 22.8 Å². The quantitative estimate of drug-likeness (QED) is 0.338. The van der Waals surface area contributed by atoms with Crippen LogP contribution in [0, 0.1) is 10.1 Å². The van der Waals surface area contributed by atoms with Crippen LogP contribution in [0.2, 0.25) is 0 Å². The highest BCUT2D eigenvalue weighted by Crippen LogP contribution is 2.15. The first-order valence-electron chi connectivity index (χ1n) is 3.85. The number of hydrogen-bond donors (Lipinski definition) is 1. The van der Waals surface area contributed by atoms with Crippen molar-refractivity contribution in [2.45, 2.75) is 0 Å². The standard InChI is InChI=1S/C8H7NO6/c10-6-1-3-7(4-2-6)15-8(11)5-14-9(12)13/h1-4,10H,5H2. The summed E-state index contributed by atoms with van der Waals surface area (Å²) in [5.74, 6) is -0.696. The molecule has 7 nitrogen and oxygen atoms in total. The number of phenols is 1. The van der Waals surface area contributed by atoms with Crippen molar-refractivity contribution in [2.75, 3.05) is 6.61 Å². The molecule has 0 atom stereocenters. The van der Waals surface area contributed by atoms with E-state index in [1.807, 2.05) is 0 Å². The van der Waals surface area contributed by atoms with Gasteiger partial charge in [0.1, 0.15) is 11.5 Å². The van der Waals surface area contributed by atoms with E-state index in [2.05, 4.69) is 9.57 Å². The fourth-order valence-electron chi connectivity index (χ4n) is 0.780. The van der Waals surface area contributed by atoms with Crippen molar-refractivity contribution in [3.05, 3.63) is 34.4 Å². The number of aromatic hydroxyl groups is 1. The number of phenolic OH excluding ortho intramolecular Hbond substituents is 1. The Hall–Kier alpha value is -2.31. The average molecular weight is 213 g/mol. The Bertz CT molecular complexity index is 360. The number of carbonyl (C=O) groups excluding carboxylic acids is 1. The molecule has 1 rings (SSSR count).